The number of amides is 3. The van der Waals surface area contributed by atoms with E-state index >= 15 is 0 Å². The fourth-order valence-electron chi connectivity index (χ4n) is 4.33. The van der Waals surface area contributed by atoms with Crippen LogP contribution in [0.1, 0.15) is 62.3 Å². The van der Waals surface area contributed by atoms with E-state index in [1.165, 1.54) is 12.5 Å². The smallest absolute Gasteiger partial charge is 0.329 e. The Hall–Kier alpha value is -2.70. The van der Waals surface area contributed by atoms with Crippen LogP contribution in [0.15, 0.2) is 18.2 Å². The van der Waals surface area contributed by atoms with Crippen molar-refractivity contribution >= 4 is 23.7 Å². The van der Waals surface area contributed by atoms with E-state index in [9.17, 15) is 19.2 Å². The molecule has 0 aromatic heterocycles. The molecule has 2 aliphatic rings. The first-order chi connectivity index (χ1) is 14.2. The first-order valence-corrected chi connectivity index (χ1v) is 10.6. The third kappa shape index (κ3) is 4.40. The van der Waals surface area contributed by atoms with E-state index < -0.39 is 24.5 Å². The van der Waals surface area contributed by atoms with Crippen LogP contribution in [-0.2, 0) is 23.9 Å². The summed E-state index contributed by atoms with van der Waals surface area (Å²) in [6.07, 6.45) is 3.22. The number of esters is 1. The highest BCUT2D eigenvalue weighted by atomic mass is 16.5. The van der Waals surface area contributed by atoms with Crippen molar-refractivity contribution in [1.29, 1.82) is 0 Å². The molecule has 1 aromatic carbocycles. The number of ether oxygens (including phenoxy) is 1. The summed E-state index contributed by atoms with van der Waals surface area (Å²) in [5, 5.41) is 2.80. The van der Waals surface area contributed by atoms with Gasteiger partial charge in [0.05, 0.1) is 17.9 Å². The van der Waals surface area contributed by atoms with Crippen molar-refractivity contribution in [2.75, 3.05) is 6.61 Å². The van der Waals surface area contributed by atoms with Crippen LogP contribution in [-0.4, -0.2) is 41.2 Å². The molecular formula is C23H30N2O5. The monoisotopic (exact) mass is 414 g/mol. The molecule has 0 bridgehead atoms. The lowest BCUT2D eigenvalue weighted by Gasteiger charge is -2.22. The van der Waals surface area contributed by atoms with Crippen LogP contribution in [0.3, 0.4) is 0 Å². The van der Waals surface area contributed by atoms with Crippen molar-refractivity contribution < 1.29 is 23.9 Å². The van der Waals surface area contributed by atoms with Crippen molar-refractivity contribution in [2.45, 2.75) is 65.5 Å². The van der Waals surface area contributed by atoms with Gasteiger partial charge in [-0.2, -0.15) is 0 Å². The third-order valence-electron chi connectivity index (χ3n) is 6.36. The van der Waals surface area contributed by atoms with E-state index in [-0.39, 0.29) is 29.7 Å². The molecule has 3 amide bonds. The number of likely N-dealkylation sites (tertiary alicyclic amines) is 1. The second kappa shape index (κ2) is 8.98. The van der Waals surface area contributed by atoms with Gasteiger partial charge in [0.1, 0.15) is 6.04 Å². The van der Waals surface area contributed by atoms with Gasteiger partial charge in [-0.25, -0.2) is 4.79 Å². The van der Waals surface area contributed by atoms with Gasteiger partial charge in [-0.3, -0.25) is 19.3 Å². The standard InChI is InChI=1S/C23H30N2O5/c1-13-9-10-17(11-14(13)2)15(3)24-20(26)12-30-23(29)16(4)25-21(27)18-7-5-6-8-19(18)22(25)28/h9-11,15-16,18-19H,5-8,12H2,1-4H3,(H,24,26)/t15?,16-,18?,19?/m0/s1. The lowest BCUT2D eigenvalue weighted by molar-refractivity contribution is -0.159. The van der Waals surface area contributed by atoms with Gasteiger partial charge in [-0.1, -0.05) is 31.0 Å². The second-order valence-corrected chi connectivity index (χ2v) is 8.46. The largest absolute Gasteiger partial charge is 0.454 e. The molecule has 1 aromatic rings. The molecule has 1 heterocycles. The number of carbonyl (C=O) groups excluding carboxylic acids is 4. The Bertz CT molecular complexity index is 841. The molecule has 2 fully saturated rings. The van der Waals surface area contributed by atoms with Crippen molar-refractivity contribution in [3.05, 3.63) is 34.9 Å². The number of aryl methyl sites for hydroxylation is 2. The van der Waals surface area contributed by atoms with Crippen LogP contribution in [0.2, 0.25) is 0 Å². The van der Waals surface area contributed by atoms with Crippen LogP contribution in [0.25, 0.3) is 0 Å². The van der Waals surface area contributed by atoms with Crippen LogP contribution in [0.4, 0.5) is 0 Å². The molecule has 0 radical (unpaired) electrons. The van der Waals surface area contributed by atoms with Gasteiger partial charge in [0.2, 0.25) is 11.8 Å². The van der Waals surface area contributed by atoms with Crippen molar-refractivity contribution in [3.8, 4) is 0 Å². The minimum Gasteiger partial charge on any atom is -0.454 e. The Balaban J connectivity index is 1.53. The summed E-state index contributed by atoms with van der Waals surface area (Å²) in [7, 11) is 0. The number of rotatable bonds is 6. The van der Waals surface area contributed by atoms with Crippen LogP contribution < -0.4 is 5.32 Å². The van der Waals surface area contributed by atoms with Crippen molar-refractivity contribution in [3.63, 3.8) is 0 Å². The highest BCUT2D eigenvalue weighted by Crippen LogP contribution is 2.38. The van der Waals surface area contributed by atoms with Gasteiger partial charge in [-0.15, -0.1) is 0 Å². The predicted octanol–water partition coefficient (Wildman–Crippen LogP) is 2.59. The average Bonchev–Trinajstić information content (AvgIpc) is 2.98. The SMILES string of the molecule is Cc1ccc(C(C)NC(=O)COC(=O)[C@H](C)N2C(=O)C3CCCCC3C2=O)cc1C. The average molecular weight is 415 g/mol. The molecule has 30 heavy (non-hydrogen) atoms. The van der Waals surface area contributed by atoms with Crippen LogP contribution in [0.5, 0.6) is 0 Å². The molecule has 3 unspecified atom stereocenters. The van der Waals surface area contributed by atoms with Gasteiger partial charge in [0, 0.05) is 0 Å². The highest BCUT2D eigenvalue weighted by Gasteiger charge is 2.51. The summed E-state index contributed by atoms with van der Waals surface area (Å²) < 4.78 is 5.11. The quantitative estimate of drug-likeness (QED) is 0.571. The van der Waals surface area contributed by atoms with Gasteiger partial charge in [0.15, 0.2) is 6.61 Å². The molecule has 4 atom stereocenters. The van der Waals surface area contributed by atoms with E-state index in [2.05, 4.69) is 5.32 Å². The van der Waals surface area contributed by atoms with Crippen molar-refractivity contribution in [1.82, 2.24) is 10.2 Å². The maximum absolute atomic E-state index is 12.6. The Labute approximate surface area is 177 Å². The van der Waals surface area contributed by atoms with Crippen LogP contribution in [0, 0.1) is 25.7 Å². The zero-order valence-electron chi connectivity index (χ0n) is 18.1. The Kier molecular flexibility index (Phi) is 6.58. The fraction of sp³-hybridized carbons (Fsp3) is 0.565. The zero-order valence-corrected chi connectivity index (χ0v) is 18.1. The molecule has 0 spiro atoms. The van der Waals surface area contributed by atoms with Gasteiger partial charge < -0.3 is 10.1 Å². The van der Waals surface area contributed by atoms with Gasteiger partial charge >= 0.3 is 5.97 Å². The number of nitrogens with zero attached hydrogens (tertiary/aromatic N) is 1. The minimum absolute atomic E-state index is 0.238. The maximum Gasteiger partial charge on any atom is 0.329 e. The van der Waals surface area contributed by atoms with Gasteiger partial charge in [0.25, 0.3) is 5.91 Å². The molecule has 1 saturated heterocycles. The summed E-state index contributed by atoms with van der Waals surface area (Å²) in [6, 6.07) is 4.69. The maximum atomic E-state index is 12.6. The topological polar surface area (TPSA) is 92.8 Å². The van der Waals surface area contributed by atoms with E-state index in [1.54, 1.807) is 0 Å². The van der Waals surface area contributed by atoms with E-state index in [1.807, 2.05) is 39.0 Å². The number of hydrogen-bond donors (Lipinski definition) is 1. The number of benzene rings is 1. The van der Waals surface area contributed by atoms with E-state index in [0.717, 1.165) is 28.9 Å². The molecule has 162 valence electrons. The molecule has 1 aliphatic heterocycles. The van der Waals surface area contributed by atoms with Crippen molar-refractivity contribution in [2.24, 2.45) is 11.8 Å². The summed E-state index contributed by atoms with van der Waals surface area (Å²) in [5.74, 6) is -2.39. The molecule has 3 rings (SSSR count). The molecule has 7 nitrogen and oxygen atoms in total. The van der Waals surface area contributed by atoms with E-state index in [4.69, 9.17) is 4.74 Å². The normalized spacial score (nSPS) is 23.0. The number of hydrogen-bond acceptors (Lipinski definition) is 5. The lowest BCUT2D eigenvalue weighted by atomic mass is 9.81. The minimum atomic E-state index is -1.03. The van der Waals surface area contributed by atoms with Gasteiger partial charge in [-0.05, 0) is 57.2 Å². The Morgan fingerprint density at radius 2 is 1.67 bits per heavy atom. The second-order valence-electron chi connectivity index (χ2n) is 8.46. The molecule has 1 aliphatic carbocycles. The number of carbonyl (C=O) groups is 4. The first kappa shape index (κ1) is 22.0. The molecular weight excluding hydrogens is 384 g/mol. The number of fused-ring (bicyclic) bond motifs is 1. The van der Waals surface area contributed by atoms with Crippen LogP contribution >= 0.6 is 0 Å². The Morgan fingerprint density at radius 1 is 1.07 bits per heavy atom. The first-order valence-electron chi connectivity index (χ1n) is 10.6. The summed E-state index contributed by atoms with van der Waals surface area (Å²) in [6.45, 7) is 6.91. The number of imide groups is 1. The van der Waals surface area contributed by atoms with E-state index in [0.29, 0.717) is 12.8 Å². The third-order valence-corrected chi connectivity index (χ3v) is 6.36. The highest BCUT2D eigenvalue weighted by molar-refractivity contribution is 6.07. The molecule has 1 N–H and O–H groups in total. The molecule has 1 saturated carbocycles. The summed E-state index contributed by atoms with van der Waals surface area (Å²) in [4.78, 5) is 50.9. The predicted molar refractivity (Wildman–Crippen MR) is 110 cm³/mol. The zero-order chi connectivity index (χ0) is 22.0. The Morgan fingerprint density at radius 3 is 2.23 bits per heavy atom. The summed E-state index contributed by atoms with van der Waals surface area (Å²) in [5.41, 5.74) is 3.27. The summed E-state index contributed by atoms with van der Waals surface area (Å²) >= 11 is 0. The molecule has 7 heteroatoms. The number of nitrogens with one attached hydrogen (secondary N) is 1. The fourth-order valence-corrected chi connectivity index (χ4v) is 4.33. The lowest BCUT2D eigenvalue weighted by Crippen LogP contribution is -2.45.